The van der Waals surface area contributed by atoms with E-state index in [1.807, 2.05) is 24.0 Å². The van der Waals surface area contributed by atoms with Gasteiger partial charge in [0.25, 0.3) is 5.91 Å². The summed E-state index contributed by atoms with van der Waals surface area (Å²) in [5.74, 6) is 0.971. The van der Waals surface area contributed by atoms with E-state index in [9.17, 15) is 4.79 Å². The highest BCUT2D eigenvalue weighted by atomic mass is 35.5. The molecule has 1 fully saturated rings. The van der Waals surface area contributed by atoms with E-state index in [-0.39, 0.29) is 18.6 Å². The van der Waals surface area contributed by atoms with Crippen LogP contribution >= 0.6 is 34.5 Å². The van der Waals surface area contributed by atoms with Crippen LogP contribution in [-0.2, 0) is 11.3 Å². The number of carbonyl (C=O) groups excluding carboxylic acids is 1. The quantitative estimate of drug-likeness (QED) is 0.501. The summed E-state index contributed by atoms with van der Waals surface area (Å²) in [6.45, 7) is 2.88. The highest BCUT2D eigenvalue weighted by Crippen LogP contribution is 2.40. The van der Waals surface area contributed by atoms with E-state index in [1.165, 1.54) is 11.3 Å². The number of hydrogen-bond acceptors (Lipinski definition) is 6. The van der Waals surface area contributed by atoms with Gasteiger partial charge >= 0.3 is 0 Å². The molecule has 158 valence electrons. The minimum atomic E-state index is -0.0334. The number of likely N-dealkylation sites (tertiary alicyclic amines) is 1. The minimum absolute atomic E-state index is 0.0144. The highest BCUT2D eigenvalue weighted by Gasteiger charge is 2.33. The lowest BCUT2D eigenvalue weighted by atomic mass is 10.0. The normalized spacial score (nSPS) is 16.4. The van der Waals surface area contributed by atoms with Crippen molar-refractivity contribution >= 4 is 50.7 Å². The van der Waals surface area contributed by atoms with Crippen molar-refractivity contribution in [3.8, 4) is 5.88 Å². The molecule has 3 aromatic rings. The number of carbonyl (C=O) groups is 1. The zero-order valence-electron chi connectivity index (χ0n) is 16.9. The van der Waals surface area contributed by atoms with Crippen molar-refractivity contribution in [3.63, 3.8) is 0 Å². The lowest BCUT2D eigenvalue weighted by Gasteiger charge is -2.25. The van der Waals surface area contributed by atoms with Gasteiger partial charge in [-0.1, -0.05) is 29.3 Å². The maximum absolute atomic E-state index is 13.5. The number of thiophene rings is 1. The molecule has 2 aromatic heterocycles. The Balaban J connectivity index is 1.73. The SMILES string of the molecule is COCc1nc(OC)c2c(C)c(C(=O)N3CCCC3c3ccc(Cl)c(Cl)c3)sc2n1. The fourth-order valence-electron chi connectivity index (χ4n) is 3.90. The van der Waals surface area contributed by atoms with Gasteiger partial charge in [-0.05, 0) is 43.0 Å². The summed E-state index contributed by atoms with van der Waals surface area (Å²) in [4.78, 5) is 25.8. The Hall–Kier alpha value is -1.93. The molecule has 0 aliphatic carbocycles. The van der Waals surface area contributed by atoms with Crippen molar-refractivity contribution in [2.24, 2.45) is 0 Å². The number of aryl methyl sites for hydroxylation is 1. The first kappa shape index (κ1) is 21.3. The second kappa shape index (κ2) is 8.67. The predicted molar refractivity (Wildman–Crippen MR) is 119 cm³/mol. The molecule has 9 heteroatoms. The van der Waals surface area contributed by atoms with Gasteiger partial charge in [-0.15, -0.1) is 11.3 Å². The first-order valence-electron chi connectivity index (χ1n) is 9.53. The molecule has 1 aromatic carbocycles. The number of ether oxygens (including phenoxy) is 2. The summed E-state index contributed by atoms with van der Waals surface area (Å²) in [5.41, 5.74) is 1.83. The molecule has 4 rings (SSSR count). The van der Waals surface area contributed by atoms with Crippen LogP contribution in [0.5, 0.6) is 5.88 Å². The highest BCUT2D eigenvalue weighted by molar-refractivity contribution is 7.20. The summed E-state index contributed by atoms with van der Waals surface area (Å²) in [6.07, 6.45) is 1.82. The van der Waals surface area contributed by atoms with Crippen LogP contribution in [0, 0.1) is 6.92 Å². The Morgan fingerprint density at radius 3 is 2.77 bits per heavy atom. The van der Waals surface area contributed by atoms with E-state index >= 15 is 0 Å². The molecule has 0 bridgehead atoms. The first-order valence-corrected chi connectivity index (χ1v) is 11.1. The van der Waals surface area contributed by atoms with Gasteiger partial charge in [0.15, 0.2) is 5.82 Å². The van der Waals surface area contributed by atoms with Crippen LogP contribution in [0.4, 0.5) is 0 Å². The second-order valence-electron chi connectivity index (χ2n) is 7.15. The van der Waals surface area contributed by atoms with E-state index in [4.69, 9.17) is 32.7 Å². The van der Waals surface area contributed by atoms with Gasteiger partial charge in [-0.25, -0.2) is 4.98 Å². The van der Waals surface area contributed by atoms with E-state index in [0.717, 1.165) is 34.2 Å². The van der Waals surface area contributed by atoms with Crippen LogP contribution in [0.1, 0.15) is 45.5 Å². The standard InChI is InChI=1S/C21H21Cl2N3O3S/c1-11-17-19(29-3)24-16(10-28-2)25-20(17)30-18(11)21(27)26-8-4-5-15(26)12-6-7-13(22)14(23)9-12/h6-7,9,15H,4-5,8,10H2,1-3H3. The predicted octanol–water partition coefficient (Wildman–Crippen LogP) is 5.44. The van der Waals surface area contributed by atoms with Crippen LogP contribution < -0.4 is 4.74 Å². The molecule has 0 saturated carbocycles. The van der Waals surface area contributed by atoms with Crippen molar-refractivity contribution in [2.45, 2.75) is 32.4 Å². The molecule has 6 nitrogen and oxygen atoms in total. The van der Waals surface area contributed by atoms with Crippen LogP contribution in [-0.4, -0.2) is 41.5 Å². The van der Waals surface area contributed by atoms with Gasteiger partial charge < -0.3 is 14.4 Å². The molecule has 3 heterocycles. The Bertz CT molecular complexity index is 1120. The summed E-state index contributed by atoms with van der Waals surface area (Å²) in [5, 5.41) is 1.78. The average Bonchev–Trinajstić information content (AvgIpc) is 3.34. The molecule has 1 atom stereocenters. The number of amides is 1. The monoisotopic (exact) mass is 465 g/mol. The topological polar surface area (TPSA) is 64.6 Å². The fourth-order valence-corrected chi connectivity index (χ4v) is 5.35. The molecule has 1 amide bonds. The lowest BCUT2D eigenvalue weighted by molar-refractivity contribution is 0.0740. The Morgan fingerprint density at radius 2 is 2.07 bits per heavy atom. The van der Waals surface area contributed by atoms with Gasteiger partial charge in [0.05, 0.1) is 33.5 Å². The maximum atomic E-state index is 13.5. The third-order valence-electron chi connectivity index (χ3n) is 5.31. The summed E-state index contributed by atoms with van der Waals surface area (Å²) in [6, 6.07) is 5.54. The Kier molecular flexibility index (Phi) is 6.16. The average molecular weight is 466 g/mol. The van der Waals surface area contributed by atoms with Crippen molar-refractivity contribution in [1.29, 1.82) is 0 Å². The second-order valence-corrected chi connectivity index (χ2v) is 8.96. The van der Waals surface area contributed by atoms with E-state index < -0.39 is 0 Å². The number of aromatic nitrogens is 2. The van der Waals surface area contributed by atoms with E-state index in [1.54, 1.807) is 20.3 Å². The number of benzene rings is 1. The molecule has 1 saturated heterocycles. The van der Waals surface area contributed by atoms with Crippen molar-refractivity contribution < 1.29 is 14.3 Å². The van der Waals surface area contributed by atoms with Crippen molar-refractivity contribution in [1.82, 2.24) is 14.9 Å². The van der Waals surface area contributed by atoms with E-state index in [2.05, 4.69) is 9.97 Å². The lowest BCUT2D eigenvalue weighted by Crippen LogP contribution is -2.30. The molecular formula is C21H21Cl2N3O3S. The molecular weight excluding hydrogens is 445 g/mol. The maximum Gasteiger partial charge on any atom is 0.264 e. The van der Waals surface area contributed by atoms with Crippen molar-refractivity contribution in [2.75, 3.05) is 20.8 Å². The summed E-state index contributed by atoms with van der Waals surface area (Å²) >= 11 is 13.6. The van der Waals surface area contributed by atoms with Gasteiger partial charge in [-0.2, -0.15) is 4.98 Å². The number of nitrogens with zero attached hydrogens (tertiary/aromatic N) is 3. The number of fused-ring (bicyclic) bond motifs is 1. The molecule has 0 N–H and O–H groups in total. The van der Waals surface area contributed by atoms with Gasteiger partial charge in [0.1, 0.15) is 11.4 Å². The first-order chi connectivity index (χ1) is 14.4. The van der Waals surface area contributed by atoms with Gasteiger partial charge in [0, 0.05) is 13.7 Å². The molecule has 1 aliphatic rings. The molecule has 0 spiro atoms. The molecule has 1 aliphatic heterocycles. The molecule has 0 radical (unpaired) electrons. The van der Waals surface area contributed by atoms with Crippen LogP contribution in [0.15, 0.2) is 18.2 Å². The number of hydrogen-bond donors (Lipinski definition) is 0. The van der Waals surface area contributed by atoms with Crippen molar-refractivity contribution in [3.05, 3.63) is 50.1 Å². The Labute approximate surface area is 188 Å². The van der Waals surface area contributed by atoms with Gasteiger partial charge in [0.2, 0.25) is 5.88 Å². The smallest absolute Gasteiger partial charge is 0.264 e. The van der Waals surface area contributed by atoms with Crippen LogP contribution in [0.3, 0.4) is 0 Å². The minimum Gasteiger partial charge on any atom is -0.480 e. The van der Waals surface area contributed by atoms with Crippen LogP contribution in [0.2, 0.25) is 10.0 Å². The zero-order valence-corrected chi connectivity index (χ0v) is 19.2. The number of rotatable bonds is 5. The molecule has 30 heavy (non-hydrogen) atoms. The number of methoxy groups -OCH3 is 2. The third-order valence-corrected chi connectivity index (χ3v) is 7.22. The summed E-state index contributed by atoms with van der Waals surface area (Å²) in [7, 11) is 3.16. The van der Waals surface area contributed by atoms with E-state index in [0.29, 0.717) is 33.2 Å². The number of halogens is 2. The molecule has 1 unspecified atom stereocenters. The van der Waals surface area contributed by atoms with Crippen LogP contribution in [0.25, 0.3) is 10.2 Å². The fraction of sp³-hybridized carbons (Fsp3) is 0.381. The zero-order chi connectivity index (χ0) is 21.4. The summed E-state index contributed by atoms with van der Waals surface area (Å²) < 4.78 is 10.6. The van der Waals surface area contributed by atoms with Gasteiger partial charge in [-0.3, -0.25) is 4.79 Å². The largest absolute Gasteiger partial charge is 0.480 e. The Morgan fingerprint density at radius 1 is 1.27 bits per heavy atom. The third kappa shape index (κ3) is 3.75.